The molecule has 1 heterocycles. The van der Waals surface area contributed by atoms with Crippen molar-refractivity contribution in [2.75, 3.05) is 27.2 Å². The van der Waals surface area contributed by atoms with E-state index in [1.54, 1.807) is 0 Å². The minimum atomic E-state index is -0.0421. The van der Waals surface area contributed by atoms with Gasteiger partial charge in [-0.25, -0.2) is 0 Å². The van der Waals surface area contributed by atoms with Gasteiger partial charge in [-0.05, 0) is 38.3 Å². The topological polar surface area (TPSA) is 29.5 Å². The lowest BCUT2D eigenvalue weighted by Crippen LogP contribution is -2.25. The molecule has 0 aliphatic carbocycles. The highest BCUT2D eigenvalue weighted by Crippen LogP contribution is 2.27. The smallest absolute Gasteiger partial charge is 0.308 e. The van der Waals surface area contributed by atoms with Crippen molar-refractivity contribution in [1.29, 1.82) is 0 Å². The van der Waals surface area contributed by atoms with Crippen LogP contribution in [0.5, 0.6) is 0 Å². The lowest BCUT2D eigenvalue weighted by atomic mass is 9.86. The first-order valence-electron chi connectivity index (χ1n) is 5.81. The zero-order valence-corrected chi connectivity index (χ0v) is 10.3. The zero-order valence-electron chi connectivity index (χ0n) is 10.3. The number of carbonyl (C=O) groups is 1. The van der Waals surface area contributed by atoms with Crippen molar-refractivity contribution in [3.63, 3.8) is 0 Å². The van der Waals surface area contributed by atoms with E-state index in [9.17, 15) is 4.79 Å². The van der Waals surface area contributed by atoms with E-state index < -0.39 is 0 Å². The molecule has 88 valence electrons. The van der Waals surface area contributed by atoms with Gasteiger partial charge in [0.05, 0.1) is 13.0 Å². The summed E-state index contributed by atoms with van der Waals surface area (Å²) >= 11 is 0. The van der Waals surface area contributed by atoms with E-state index in [0.29, 0.717) is 11.8 Å². The molecule has 1 fully saturated rings. The lowest BCUT2D eigenvalue weighted by Gasteiger charge is -2.21. The van der Waals surface area contributed by atoms with Gasteiger partial charge in [0.25, 0.3) is 0 Å². The Labute approximate surface area is 92.8 Å². The first-order chi connectivity index (χ1) is 7.04. The van der Waals surface area contributed by atoms with Crippen LogP contribution in [0.1, 0.15) is 26.7 Å². The number of nitrogens with zero attached hydrogens (tertiary/aromatic N) is 1. The van der Waals surface area contributed by atoms with E-state index in [1.807, 2.05) is 0 Å². The van der Waals surface area contributed by atoms with Crippen LogP contribution in [-0.2, 0) is 9.53 Å². The van der Waals surface area contributed by atoms with Crippen molar-refractivity contribution in [3.05, 3.63) is 0 Å². The quantitative estimate of drug-likeness (QED) is 0.667. The van der Waals surface area contributed by atoms with Crippen LogP contribution in [0.4, 0.5) is 0 Å². The van der Waals surface area contributed by atoms with Crippen molar-refractivity contribution in [1.82, 2.24) is 4.90 Å². The van der Waals surface area contributed by atoms with Crippen LogP contribution >= 0.6 is 0 Å². The molecule has 0 radical (unpaired) electrons. The minimum absolute atomic E-state index is 0.0421. The normalized spacial score (nSPS) is 24.5. The predicted molar refractivity (Wildman–Crippen MR) is 60.6 cm³/mol. The van der Waals surface area contributed by atoms with Gasteiger partial charge < -0.3 is 9.64 Å². The molecule has 1 aliphatic rings. The Balaban J connectivity index is 2.48. The fourth-order valence-corrected chi connectivity index (χ4v) is 2.37. The van der Waals surface area contributed by atoms with E-state index in [1.165, 1.54) is 13.5 Å². The van der Waals surface area contributed by atoms with E-state index in [4.69, 9.17) is 4.74 Å². The molecule has 3 nitrogen and oxygen atoms in total. The second kappa shape index (κ2) is 5.50. The summed E-state index contributed by atoms with van der Waals surface area (Å²) in [7, 11) is 3.63. The predicted octanol–water partition coefficient (Wildman–Crippen LogP) is 1.77. The molecule has 0 spiro atoms. The molecule has 0 bridgehead atoms. The molecule has 3 heteroatoms. The Hall–Kier alpha value is -0.570. The van der Waals surface area contributed by atoms with Crippen molar-refractivity contribution in [2.24, 2.45) is 17.8 Å². The van der Waals surface area contributed by atoms with Gasteiger partial charge in [-0.3, -0.25) is 4.79 Å². The zero-order chi connectivity index (χ0) is 11.4. The van der Waals surface area contributed by atoms with Crippen LogP contribution < -0.4 is 0 Å². The van der Waals surface area contributed by atoms with E-state index in [-0.39, 0.29) is 11.9 Å². The number of carbonyl (C=O) groups excluding carboxylic acids is 1. The van der Waals surface area contributed by atoms with Crippen LogP contribution in [0, 0.1) is 17.8 Å². The Morgan fingerprint density at radius 1 is 1.53 bits per heavy atom. The molecule has 0 aromatic carbocycles. The molecule has 2 unspecified atom stereocenters. The molecule has 2 atom stereocenters. The van der Waals surface area contributed by atoms with Crippen LogP contribution in [-0.4, -0.2) is 38.1 Å². The first kappa shape index (κ1) is 12.5. The number of likely N-dealkylation sites (tertiary alicyclic amines) is 1. The molecule has 0 N–H and O–H groups in total. The molecule has 1 rings (SSSR count). The number of hydrogen-bond acceptors (Lipinski definition) is 3. The van der Waals surface area contributed by atoms with Gasteiger partial charge in [0, 0.05) is 6.54 Å². The highest BCUT2D eigenvalue weighted by atomic mass is 16.5. The summed E-state index contributed by atoms with van der Waals surface area (Å²) in [6, 6.07) is 0. The minimum Gasteiger partial charge on any atom is -0.469 e. The molecule has 1 saturated heterocycles. The van der Waals surface area contributed by atoms with Gasteiger partial charge in [-0.1, -0.05) is 13.8 Å². The molecule has 0 amide bonds. The Kier molecular flexibility index (Phi) is 4.58. The number of ether oxygens (including phenoxy) is 1. The maximum atomic E-state index is 11.6. The molecular formula is C12H23NO2. The lowest BCUT2D eigenvalue weighted by molar-refractivity contribution is -0.147. The van der Waals surface area contributed by atoms with Crippen LogP contribution in [0.25, 0.3) is 0 Å². The van der Waals surface area contributed by atoms with E-state index >= 15 is 0 Å². The van der Waals surface area contributed by atoms with Gasteiger partial charge in [-0.2, -0.15) is 0 Å². The molecule has 0 aromatic rings. The second-order valence-electron chi connectivity index (χ2n) is 5.03. The molecular weight excluding hydrogens is 190 g/mol. The number of esters is 1. The van der Waals surface area contributed by atoms with Gasteiger partial charge in [-0.15, -0.1) is 0 Å². The third-order valence-corrected chi connectivity index (χ3v) is 3.38. The largest absolute Gasteiger partial charge is 0.469 e. The Bertz CT molecular complexity index is 216. The highest BCUT2D eigenvalue weighted by molar-refractivity contribution is 5.72. The first-order valence-corrected chi connectivity index (χ1v) is 5.81. The van der Waals surface area contributed by atoms with E-state index in [2.05, 4.69) is 25.8 Å². The number of rotatable bonds is 4. The van der Waals surface area contributed by atoms with E-state index in [0.717, 1.165) is 19.5 Å². The van der Waals surface area contributed by atoms with Gasteiger partial charge in [0.15, 0.2) is 0 Å². The molecule has 0 aromatic heterocycles. The monoisotopic (exact) mass is 213 g/mol. The van der Waals surface area contributed by atoms with Crippen LogP contribution in [0.3, 0.4) is 0 Å². The molecule has 15 heavy (non-hydrogen) atoms. The summed E-state index contributed by atoms with van der Waals surface area (Å²) < 4.78 is 4.86. The fraction of sp³-hybridized carbons (Fsp3) is 0.917. The van der Waals surface area contributed by atoms with Crippen molar-refractivity contribution >= 4 is 5.97 Å². The SMILES string of the molecule is COC(=O)C(CC1CCN(C)C1)C(C)C. The van der Waals surface area contributed by atoms with Gasteiger partial charge in [0.1, 0.15) is 0 Å². The average Bonchev–Trinajstić information content (AvgIpc) is 2.59. The maximum Gasteiger partial charge on any atom is 0.308 e. The standard InChI is InChI=1S/C12H23NO2/c1-9(2)11(12(14)15-4)7-10-5-6-13(3)8-10/h9-11H,5-8H2,1-4H3. The second-order valence-corrected chi connectivity index (χ2v) is 5.03. The summed E-state index contributed by atoms with van der Waals surface area (Å²) in [6.45, 7) is 6.48. The summed E-state index contributed by atoms with van der Waals surface area (Å²) in [5.41, 5.74) is 0. The summed E-state index contributed by atoms with van der Waals surface area (Å²) in [5.74, 6) is 1.08. The van der Waals surface area contributed by atoms with Crippen molar-refractivity contribution in [3.8, 4) is 0 Å². The van der Waals surface area contributed by atoms with Gasteiger partial charge in [0.2, 0.25) is 0 Å². The van der Waals surface area contributed by atoms with Crippen LogP contribution in [0.2, 0.25) is 0 Å². The molecule has 1 aliphatic heterocycles. The number of hydrogen-bond donors (Lipinski definition) is 0. The Morgan fingerprint density at radius 3 is 2.60 bits per heavy atom. The fourth-order valence-electron chi connectivity index (χ4n) is 2.37. The summed E-state index contributed by atoms with van der Waals surface area (Å²) in [6.07, 6.45) is 2.20. The number of methoxy groups -OCH3 is 1. The molecule has 0 saturated carbocycles. The van der Waals surface area contributed by atoms with Crippen molar-refractivity contribution in [2.45, 2.75) is 26.7 Å². The van der Waals surface area contributed by atoms with Crippen LogP contribution in [0.15, 0.2) is 0 Å². The maximum absolute atomic E-state index is 11.6. The Morgan fingerprint density at radius 2 is 2.20 bits per heavy atom. The third kappa shape index (κ3) is 3.49. The highest BCUT2D eigenvalue weighted by Gasteiger charge is 2.29. The average molecular weight is 213 g/mol. The summed E-state index contributed by atoms with van der Waals surface area (Å²) in [5, 5.41) is 0. The third-order valence-electron chi connectivity index (χ3n) is 3.38. The van der Waals surface area contributed by atoms with Crippen molar-refractivity contribution < 1.29 is 9.53 Å². The summed E-state index contributed by atoms with van der Waals surface area (Å²) in [4.78, 5) is 13.9. The van der Waals surface area contributed by atoms with Gasteiger partial charge >= 0.3 is 5.97 Å².